The van der Waals surface area contributed by atoms with Crippen LogP contribution >= 0.6 is 0 Å². The highest BCUT2D eigenvalue weighted by Gasteiger charge is 3.11. The van der Waals surface area contributed by atoms with Crippen LogP contribution in [-0.4, -0.2) is 11.1 Å². The molecule has 0 radical (unpaired) electrons. The van der Waals surface area contributed by atoms with Crippen molar-refractivity contribution in [1.82, 2.24) is 5.32 Å². The molecule has 2 heterocycles. The van der Waals surface area contributed by atoms with Crippen LogP contribution < -0.4 is 5.32 Å². The number of fused-ring (bicyclic) bond motifs is 6. The van der Waals surface area contributed by atoms with Gasteiger partial charge < -0.3 is 5.32 Å². The molecule has 22 rings (SSSR count). The van der Waals surface area contributed by atoms with Crippen LogP contribution in [0.4, 0.5) is 0 Å². The quantitative estimate of drug-likeness (QED) is 0.297. The predicted molar refractivity (Wildman–Crippen MR) is 173 cm³/mol. The topological polar surface area (TPSA) is 12.0 Å². The summed E-state index contributed by atoms with van der Waals surface area (Å²) >= 11 is 0. The molecule has 47 heavy (non-hydrogen) atoms. The van der Waals surface area contributed by atoms with Gasteiger partial charge in [0.1, 0.15) is 0 Å². The van der Waals surface area contributed by atoms with E-state index in [-0.39, 0.29) is 0 Å². The zero-order valence-electron chi connectivity index (χ0n) is 27.0. The fourth-order valence-corrected chi connectivity index (χ4v) is 27.3. The number of hydrogen-bond donors (Lipinski definition) is 1. The van der Waals surface area contributed by atoms with Crippen LogP contribution in [0.1, 0.15) is 32.1 Å². The van der Waals surface area contributed by atoms with Crippen molar-refractivity contribution in [2.45, 2.75) is 43.2 Å². The fraction of sp³-hybridized carbons (Fsp3) is 0.739. The van der Waals surface area contributed by atoms with Crippen molar-refractivity contribution in [3.05, 3.63) is 72.9 Å². The van der Waals surface area contributed by atoms with Gasteiger partial charge in [0.05, 0.1) is 0 Å². The number of allylic oxidation sites excluding steroid dienone is 9. The lowest BCUT2D eigenvalue weighted by molar-refractivity contribution is -0.571. The third-order valence-corrected chi connectivity index (χ3v) is 25.9. The van der Waals surface area contributed by atoms with Crippen molar-refractivity contribution in [1.29, 1.82) is 0 Å². The summed E-state index contributed by atoms with van der Waals surface area (Å²) in [5.41, 5.74) is 4.87. The van der Waals surface area contributed by atoms with Crippen molar-refractivity contribution in [3.63, 3.8) is 0 Å². The average molecular weight is 610 g/mol. The van der Waals surface area contributed by atoms with E-state index in [1.165, 1.54) is 19.3 Å². The Hall–Kier alpha value is -1.60. The van der Waals surface area contributed by atoms with E-state index < -0.39 is 0 Å². The van der Waals surface area contributed by atoms with Crippen molar-refractivity contribution >= 4 is 0 Å². The first-order valence-electron chi connectivity index (χ1n) is 21.1. The van der Waals surface area contributed by atoms with Crippen LogP contribution in [0.5, 0.6) is 0 Å². The molecule has 9 spiro atoms. The second-order valence-electron chi connectivity index (χ2n) is 23.1. The van der Waals surface area contributed by atoms with Crippen molar-refractivity contribution in [2.24, 2.45) is 156 Å². The first-order valence-corrected chi connectivity index (χ1v) is 21.1. The molecule has 2 aliphatic heterocycles. The van der Waals surface area contributed by atoms with E-state index in [1.807, 2.05) is 0 Å². The molecule has 0 amide bonds. The van der Waals surface area contributed by atoms with Crippen molar-refractivity contribution in [2.75, 3.05) is 0 Å². The lowest BCUT2D eigenvalue weighted by atomic mass is 8.97. The smallest absolute Gasteiger partial charge is 0.0393 e. The van der Waals surface area contributed by atoms with E-state index in [1.54, 1.807) is 12.8 Å². The van der Waals surface area contributed by atoms with Crippen LogP contribution in [0.2, 0.25) is 0 Å². The van der Waals surface area contributed by atoms with Crippen molar-refractivity contribution in [3.8, 4) is 0 Å². The van der Waals surface area contributed by atoms with Gasteiger partial charge in [-0.15, -0.1) is 0 Å². The average Bonchev–Trinajstić information content (AvgIpc) is 3.41. The number of rotatable bonds is 0. The molecular formula is C46H43N. The van der Waals surface area contributed by atoms with E-state index in [0.29, 0.717) is 43.6 Å². The summed E-state index contributed by atoms with van der Waals surface area (Å²) < 4.78 is 0. The Labute approximate surface area is 276 Å². The lowest BCUT2D eigenvalue weighted by Crippen LogP contribution is -3.05. The summed E-state index contributed by atoms with van der Waals surface area (Å²) in [4.78, 5) is 0. The van der Waals surface area contributed by atoms with E-state index in [2.05, 4.69) is 72.9 Å². The second-order valence-corrected chi connectivity index (χ2v) is 23.1. The Kier molecular flexibility index (Phi) is 2.26. The zero-order chi connectivity index (χ0) is 28.8. The standard InChI is InChI=1S/C46H43N/c1-2-18-8-9-39-21(3-1)29-26-15-19-4-5-24-34-35-31-27-16-20-17-28-32-36-37-33-23-7-6-22-30(25(39)14-18)44(29,39)40(22,26)11-10-38(19,23)45(24,33)47-46(34,37)42(35,36)13-12-41(31,32)43(20,27)28/h1,3-13,18-37,47H,2,14-17H2. The third kappa shape index (κ3) is 1.12. The van der Waals surface area contributed by atoms with Crippen LogP contribution in [0, 0.1) is 156 Å². The monoisotopic (exact) mass is 609 g/mol. The lowest BCUT2D eigenvalue weighted by Gasteiger charge is -3.06. The Bertz CT molecular complexity index is 2150. The summed E-state index contributed by atoms with van der Waals surface area (Å²) in [6.45, 7) is 0. The van der Waals surface area contributed by atoms with Crippen LogP contribution in [0.15, 0.2) is 72.9 Å². The maximum absolute atomic E-state index is 4.98. The van der Waals surface area contributed by atoms with Crippen LogP contribution in [-0.2, 0) is 0 Å². The minimum Gasteiger partial charge on any atom is -0.302 e. The van der Waals surface area contributed by atoms with Gasteiger partial charge in [-0.3, -0.25) is 0 Å². The molecule has 1 N–H and O–H groups in total. The third-order valence-electron chi connectivity index (χ3n) is 25.9. The first kappa shape index (κ1) is 21.6. The summed E-state index contributed by atoms with van der Waals surface area (Å²) in [6, 6.07) is 0. The van der Waals surface area contributed by atoms with Gasteiger partial charge in [0.15, 0.2) is 0 Å². The largest absolute Gasteiger partial charge is 0.302 e. The Morgan fingerprint density at radius 1 is 0.447 bits per heavy atom. The summed E-state index contributed by atoms with van der Waals surface area (Å²) in [7, 11) is 0. The van der Waals surface area contributed by atoms with Gasteiger partial charge in [-0.25, -0.2) is 0 Å². The minimum absolute atomic E-state index is 0.342. The van der Waals surface area contributed by atoms with Gasteiger partial charge in [-0.1, -0.05) is 72.9 Å². The van der Waals surface area contributed by atoms with Gasteiger partial charge in [-0.05, 0) is 155 Å². The van der Waals surface area contributed by atoms with E-state index in [9.17, 15) is 0 Å². The Balaban J connectivity index is 0.837. The molecule has 0 aromatic rings. The van der Waals surface area contributed by atoms with Gasteiger partial charge in [0.25, 0.3) is 0 Å². The number of hydrogen-bond acceptors (Lipinski definition) is 1. The summed E-state index contributed by atoms with van der Waals surface area (Å²) in [5.74, 6) is 19.3. The molecule has 2 saturated heterocycles. The first-order chi connectivity index (χ1) is 23.2. The Morgan fingerprint density at radius 2 is 1.13 bits per heavy atom. The maximum atomic E-state index is 4.98. The SMILES string of the molecule is C1=CC2C3C4CC5C=CC6C7C8C9C%10CC%11CC%12C%13C%14C%15C%16C%17C=CC%18C%19C%20CC(C=CC2%20C%193C%184C=CC5%17C6%16NC7%15C8%14C=CC9%13C%11%10%12)C1. The van der Waals surface area contributed by atoms with Crippen LogP contribution in [0.25, 0.3) is 0 Å². The zero-order valence-corrected chi connectivity index (χ0v) is 27.0. The van der Waals surface area contributed by atoms with Gasteiger partial charge in [-0.2, -0.15) is 0 Å². The van der Waals surface area contributed by atoms with E-state index in [0.717, 1.165) is 124 Å². The van der Waals surface area contributed by atoms with Gasteiger partial charge in [0, 0.05) is 44.1 Å². The summed E-state index contributed by atoms with van der Waals surface area (Å²) in [6.07, 6.45) is 42.8. The molecular weight excluding hydrogens is 567 g/mol. The molecule has 0 aromatic carbocycles. The van der Waals surface area contributed by atoms with E-state index in [4.69, 9.17) is 5.32 Å². The normalized spacial score (nSPS) is 89.9. The molecule has 1 heteroatoms. The molecule has 0 aromatic heterocycles. The highest BCUT2D eigenvalue weighted by atomic mass is 15.3. The molecule has 22 aliphatic rings. The minimum atomic E-state index is 0.342. The molecule has 29 unspecified atom stereocenters. The molecule has 29 atom stereocenters. The van der Waals surface area contributed by atoms with Gasteiger partial charge >= 0.3 is 0 Å². The molecule has 20 aliphatic carbocycles. The highest BCUT2D eigenvalue weighted by molar-refractivity contribution is 5.68. The number of nitrogens with one attached hydrogen (secondary N) is 1. The fourth-order valence-electron chi connectivity index (χ4n) is 27.3. The second kappa shape index (κ2) is 4.92. The van der Waals surface area contributed by atoms with Gasteiger partial charge in [0.2, 0.25) is 0 Å². The van der Waals surface area contributed by atoms with E-state index >= 15 is 0 Å². The molecule has 232 valence electrons. The van der Waals surface area contributed by atoms with Crippen LogP contribution in [0.3, 0.4) is 0 Å². The summed E-state index contributed by atoms with van der Waals surface area (Å²) in [5, 5.41) is 4.98. The molecule has 1 nitrogen and oxygen atoms in total. The maximum Gasteiger partial charge on any atom is 0.0393 e. The molecule has 8 bridgehead atoms. The molecule has 12 saturated carbocycles. The van der Waals surface area contributed by atoms with Crippen molar-refractivity contribution < 1.29 is 0 Å². The highest BCUT2D eigenvalue weighted by Crippen LogP contribution is 3.11. The Morgan fingerprint density at radius 3 is 2.00 bits per heavy atom. The molecule has 14 fully saturated rings. The predicted octanol–water partition coefficient (Wildman–Crippen LogP) is 6.84.